The number of carbonyl (C=O) groups excluding carboxylic acids is 1. The van der Waals surface area contributed by atoms with Gasteiger partial charge in [0.1, 0.15) is 17.6 Å². The summed E-state index contributed by atoms with van der Waals surface area (Å²) in [5.74, 6) is 0.931. The molecule has 0 aliphatic carbocycles. The molecule has 0 fully saturated rings. The minimum atomic E-state index is -0.664. The molecule has 2 rings (SSSR count). The molecule has 4 nitrogen and oxygen atoms in total. The van der Waals surface area contributed by atoms with Crippen molar-refractivity contribution in [2.45, 2.75) is 19.9 Å². The lowest BCUT2D eigenvalue weighted by Gasteiger charge is -2.11. The molecule has 1 aromatic heterocycles. The van der Waals surface area contributed by atoms with Gasteiger partial charge in [0.2, 0.25) is 0 Å². The molecule has 1 amide bonds. The number of nitrogens with one attached hydrogen (secondary N) is 1. The van der Waals surface area contributed by atoms with Crippen LogP contribution >= 0.6 is 0 Å². The van der Waals surface area contributed by atoms with E-state index in [1.54, 1.807) is 19.9 Å². The van der Waals surface area contributed by atoms with Gasteiger partial charge in [0.05, 0.1) is 11.6 Å². The van der Waals surface area contributed by atoms with Gasteiger partial charge in [-0.2, -0.15) is 5.26 Å². The Bertz CT molecular complexity index is 623. The summed E-state index contributed by atoms with van der Waals surface area (Å²) in [6.07, 6.45) is 0. The first-order valence-corrected chi connectivity index (χ1v) is 5.94. The Balaban J connectivity index is 2.18. The molecule has 0 saturated heterocycles. The maximum absolute atomic E-state index is 12.1. The van der Waals surface area contributed by atoms with Gasteiger partial charge in [0.25, 0.3) is 5.91 Å². The van der Waals surface area contributed by atoms with Crippen LogP contribution in [0.3, 0.4) is 0 Å². The smallest absolute Gasteiger partial charge is 0.256 e. The topological polar surface area (TPSA) is 66.0 Å². The van der Waals surface area contributed by atoms with Crippen molar-refractivity contribution in [2.24, 2.45) is 0 Å². The van der Waals surface area contributed by atoms with Gasteiger partial charge in [-0.3, -0.25) is 4.79 Å². The van der Waals surface area contributed by atoms with Crippen LogP contribution in [0.4, 0.5) is 0 Å². The largest absolute Gasteiger partial charge is 0.466 e. The lowest BCUT2D eigenvalue weighted by atomic mass is 10.1. The third-order valence-corrected chi connectivity index (χ3v) is 2.82. The van der Waals surface area contributed by atoms with Crippen molar-refractivity contribution >= 4 is 5.91 Å². The first-order chi connectivity index (χ1) is 9.11. The number of aryl methyl sites for hydroxylation is 2. The summed E-state index contributed by atoms with van der Waals surface area (Å²) in [7, 11) is 0. The summed E-state index contributed by atoms with van der Waals surface area (Å²) < 4.78 is 5.31. The molecule has 1 unspecified atom stereocenters. The van der Waals surface area contributed by atoms with E-state index in [2.05, 4.69) is 11.4 Å². The van der Waals surface area contributed by atoms with Crippen molar-refractivity contribution < 1.29 is 9.21 Å². The summed E-state index contributed by atoms with van der Waals surface area (Å²) in [6.45, 7) is 3.51. The standard InChI is InChI=1S/C15H14N2O2/c1-10-8-13(11(2)19-10)15(18)17-14(9-16)12-6-4-3-5-7-12/h3-8,14H,1-2H3,(H,17,18). The maximum atomic E-state index is 12.1. The van der Waals surface area contributed by atoms with Crippen LogP contribution in [0.25, 0.3) is 0 Å². The zero-order valence-electron chi connectivity index (χ0n) is 10.8. The molecule has 1 atom stereocenters. The molecule has 0 spiro atoms. The third-order valence-electron chi connectivity index (χ3n) is 2.82. The molecular weight excluding hydrogens is 240 g/mol. The van der Waals surface area contributed by atoms with Gasteiger partial charge in [-0.25, -0.2) is 0 Å². The Labute approximate surface area is 111 Å². The predicted octanol–water partition coefficient (Wildman–Crippen LogP) is 2.89. The minimum absolute atomic E-state index is 0.301. The molecule has 0 radical (unpaired) electrons. The number of nitriles is 1. The summed E-state index contributed by atoms with van der Waals surface area (Å²) >= 11 is 0. The molecule has 1 heterocycles. The van der Waals surface area contributed by atoms with Gasteiger partial charge in [0, 0.05) is 0 Å². The number of carbonyl (C=O) groups is 1. The van der Waals surface area contributed by atoms with E-state index in [1.807, 2.05) is 30.3 Å². The molecule has 1 N–H and O–H groups in total. The molecule has 0 aliphatic rings. The van der Waals surface area contributed by atoms with E-state index >= 15 is 0 Å². The van der Waals surface area contributed by atoms with Crippen molar-refractivity contribution in [3.05, 3.63) is 59.0 Å². The number of nitrogens with zero attached hydrogens (tertiary/aromatic N) is 1. The first kappa shape index (κ1) is 12.9. The Hall–Kier alpha value is -2.54. The maximum Gasteiger partial charge on any atom is 0.256 e. The second kappa shape index (κ2) is 5.40. The number of benzene rings is 1. The van der Waals surface area contributed by atoms with Crippen LogP contribution in [-0.2, 0) is 0 Å². The predicted molar refractivity (Wildman–Crippen MR) is 70.4 cm³/mol. The zero-order chi connectivity index (χ0) is 13.8. The lowest BCUT2D eigenvalue weighted by Crippen LogP contribution is -2.27. The van der Waals surface area contributed by atoms with E-state index in [1.165, 1.54) is 0 Å². The van der Waals surface area contributed by atoms with Gasteiger partial charge < -0.3 is 9.73 Å². The number of hydrogen-bond acceptors (Lipinski definition) is 3. The molecule has 19 heavy (non-hydrogen) atoms. The van der Waals surface area contributed by atoms with Gasteiger partial charge >= 0.3 is 0 Å². The van der Waals surface area contributed by atoms with Crippen LogP contribution in [0.5, 0.6) is 0 Å². The van der Waals surface area contributed by atoms with Gasteiger partial charge in [-0.05, 0) is 25.5 Å². The summed E-state index contributed by atoms with van der Waals surface area (Å²) in [5.41, 5.74) is 1.23. The van der Waals surface area contributed by atoms with E-state index in [0.717, 1.165) is 5.56 Å². The highest BCUT2D eigenvalue weighted by Gasteiger charge is 2.18. The van der Waals surface area contributed by atoms with Crippen molar-refractivity contribution in [1.29, 1.82) is 5.26 Å². The Kier molecular flexibility index (Phi) is 3.67. The van der Waals surface area contributed by atoms with E-state index in [-0.39, 0.29) is 5.91 Å². The van der Waals surface area contributed by atoms with Crippen LogP contribution in [0.15, 0.2) is 40.8 Å². The molecule has 4 heteroatoms. The number of furan rings is 1. The molecule has 2 aromatic rings. The number of hydrogen-bond donors (Lipinski definition) is 1. The van der Waals surface area contributed by atoms with Crippen molar-refractivity contribution in [3.63, 3.8) is 0 Å². The minimum Gasteiger partial charge on any atom is -0.466 e. The van der Waals surface area contributed by atoms with E-state index < -0.39 is 6.04 Å². The van der Waals surface area contributed by atoms with Gasteiger partial charge in [-0.1, -0.05) is 30.3 Å². The zero-order valence-corrected chi connectivity index (χ0v) is 10.8. The van der Waals surface area contributed by atoms with Crippen molar-refractivity contribution in [1.82, 2.24) is 5.32 Å². The molecule has 0 saturated carbocycles. The molecule has 96 valence electrons. The Morgan fingerprint density at radius 2 is 2.00 bits per heavy atom. The van der Waals surface area contributed by atoms with E-state index in [0.29, 0.717) is 17.1 Å². The average Bonchev–Trinajstić information content (AvgIpc) is 2.76. The Morgan fingerprint density at radius 3 is 2.53 bits per heavy atom. The van der Waals surface area contributed by atoms with Crippen molar-refractivity contribution in [3.8, 4) is 6.07 Å². The second-order valence-corrected chi connectivity index (χ2v) is 4.27. The van der Waals surface area contributed by atoms with Crippen LogP contribution in [-0.4, -0.2) is 5.91 Å². The van der Waals surface area contributed by atoms with Crippen molar-refractivity contribution in [2.75, 3.05) is 0 Å². The van der Waals surface area contributed by atoms with Crippen LogP contribution in [0.2, 0.25) is 0 Å². The third kappa shape index (κ3) is 2.83. The molecular formula is C15H14N2O2. The van der Waals surface area contributed by atoms with Gasteiger partial charge in [0.15, 0.2) is 0 Å². The average molecular weight is 254 g/mol. The highest BCUT2D eigenvalue weighted by Crippen LogP contribution is 2.16. The molecule has 0 aliphatic heterocycles. The summed E-state index contributed by atoms with van der Waals surface area (Å²) in [6, 6.07) is 12.2. The lowest BCUT2D eigenvalue weighted by molar-refractivity contribution is 0.0943. The fourth-order valence-electron chi connectivity index (χ4n) is 1.90. The van der Waals surface area contributed by atoms with Crippen LogP contribution < -0.4 is 5.32 Å². The highest BCUT2D eigenvalue weighted by molar-refractivity contribution is 5.95. The monoisotopic (exact) mass is 254 g/mol. The number of rotatable bonds is 3. The van der Waals surface area contributed by atoms with Gasteiger partial charge in [-0.15, -0.1) is 0 Å². The first-order valence-electron chi connectivity index (χ1n) is 5.94. The summed E-state index contributed by atoms with van der Waals surface area (Å²) in [5, 5.41) is 11.9. The quantitative estimate of drug-likeness (QED) is 0.915. The fourth-order valence-corrected chi connectivity index (χ4v) is 1.90. The normalized spacial score (nSPS) is 11.6. The fraction of sp³-hybridized carbons (Fsp3) is 0.200. The molecule has 0 bridgehead atoms. The number of amides is 1. The summed E-state index contributed by atoms with van der Waals surface area (Å²) in [4.78, 5) is 12.1. The van der Waals surface area contributed by atoms with E-state index in [9.17, 15) is 4.79 Å². The van der Waals surface area contributed by atoms with Crippen LogP contribution in [0, 0.1) is 25.2 Å². The Morgan fingerprint density at radius 1 is 1.32 bits per heavy atom. The second-order valence-electron chi connectivity index (χ2n) is 4.27. The highest BCUT2D eigenvalue weighted by atomic mass is 16.3. The molecule has 1 aromatic carbocycles. The van der Waals surface area contributed by atoms with Crippen LogP contribution in [0.1, 0.15) is 33.5 Å². The van der Waals surface area contributed by atoms with E-state index in [4.69, 9.17) is 9.68 Å². The SMILES string of the molecule is Cc1cc(C(=O)NC(C#N)c2ccccc2)c(C)o1.